The van der Waals surface area contributed by atoms with Gasteiger partial charge in [-0.25, -0.2) is 0 Å². The first-order valence-electron chi connectivity index (χ1n) is 25.1. The lowest BCUT2D eigenvalue weighted by molar-refractivity contribution is -0.870. The first-order valence-corrected chi connectivity index (χ1v) is 26.6. The molecule has 1 aliphatic carbocycles. The first-order chi connectivity index (χ1) is 30.2. The van der Waals surface area contributed by atoms with Crippen molar-refractivity contribution >= 4 is 25.5 Å². The van der Waals surface area contributed by atoms with Crippen LogP contribution in [0.25, 0.3) is 0 Å². The fourth-order valence-electron chi connectivity index (χ4n) is 7.85. The number of likely N-dealkylation sites (N-methyl/N-ethyl adjacent to an activating group) is 1. The highest BCUT2D eigenvalue weighted by Gasteiger charge is 2.39. The number of rotatable bonds is 42. The Morgan fingerprint density at radius 3 is 1.86 bits per heavy atom. The molecule has 1 aliphatic rings. The van der Waals surface area contributed by atoms with E-state index >= 15 is 0 Å². The fraction of sp³-hybridized carbons (Fsp3) is 0.860. The number of Topliss-reactive ketones (excluding diaryl/α,β-unsaturated/α-hetero) is 1. The Hall–Kier alpha value is -1.92. The number of quaternary nitrogens is 1. The summed E-state index contributed by atoms with van der Waals surface area (Å²) in [5.41, 5.74) is 0. The summed E-state index contributed by atoms with van der Waals surface area (Å²) >= 11 is 0. The van der Waals surface area contributed by atoms with Crippen LogP contribution in [0.5, 0.6) is 0 Å². The number of hydrogen-bond acceptors (Lipinski definition) is 11. The van der Waals surface area contributed by atoms with Crippen LogP contribution in [0.15, 0.2) is 24.3 Å². The molecule has 63 heavy (non-hydrogen) atoms. The van der Waals surface area contributed by atoms with Gasteiger partial charge < -0.3 is 38.1 Å². The number of esters is 2. The number of carbonyl (C=O) groups excluding carboxylic acids is 3. The molecule has 0 aromatic rings. The Morgan fingerprint density at radius 2 is 1.27 bits per heavy atom. The topological polar surface area (TPSA) is 169 Å². The molecule has 1 unspecified atom stereocenters. The van der Waals surface area contributed by atoms with Gasteiger partial charge >= 0.3 is 11.9 Å². The van der Waals surface area contributed by atoms with Crippen LogP contribution >= 0.6 is 7.82 Å². The summed E-state index contributed by atoms with van der Waals surface area (Å²) in [6.45, 7) is 3.86. The SMILES string of the molecule is CCCCCCCC/C=C\CCCCCCCCCCCC(=O)OC[C@H](COP(=O)([O-])OCC[N+](C)(C)C)OC(=O)CCCCCC[C@H]1[C@@H](O)CC(=O)[C@@H]1/C=C/[C@@H](O)CCCCC. The van der Waals surface area contributed by atoms with Crippen molar-refractivity contribution < 1.29 is 57.1 Å². The molecule has 0 saturated heterocycles. The van der Waals surface area contributed by atoms with Crippen molar-refractivity contribution in [2.75, 3.05) is 47.5 Å². The summed E-state index contributed by atoms with van der Waals surface area (Å²) in [6.07, 6.45) is 33.9. The lowest BCUT2D eigenvalue weighted by atomic mass is 9.88. The van der Waals surface area contributed by atoms with E-state index in [1.54, 1.807) is 12.2 Å². The van der Waals surface area contributed by atoms with Crippen molar-refractivity contribution in [1.82, 2.24) is 0 Å². The van der Waals surface area contributed by atoms with Crippen molar-refractivity contribution in [3.63, 3.8) is 0 Å². The third-order valence-electron chi connectivity index (χ3n) is 11.9. The quantitative estimate of drug-likeness (QED) is 0.0197. The standard InChI is InChI=1S/C50H92NO11P/c1-6-8-10-11-12-13-14-15-16-17-18-19-20-21-22-23-24-25-30-34-49(55)59-41-44(42-61-63(57,58)60-39-38-51(3,4)5)62-50(56)35-31-27-26-29-33-45-46(48(54)40-47(45)53)37-36-43(52)32-28-9-7-2/h15-16,36-37,43-47,52-53H,6-14,17-35,38-42H2,1-5H3/b16-15-,37-36+/t43-,44+,45+,46+,47-/m0/s1. The fourth-order valence-corrected chi connectivity index (χ4v) is 8.58. The molecule has 368 valence electrons. The second kappa shape index (κ2) is 37.2. The van der Waals surface area contributed by atoms with Gasteiger partial charge in [-0.1, -0.05) is 154 Å². The maximum atomic E-state index is 12.8. The van der Waals surface area contributed by atoms with E-state index in [9.17, 15) is 34.1 Å². The second-order valence-electron chi connectivity index (χ2n) is 19.0. The zero-order valence-electron chi connectivity index (χ0n) is 40.5. The molecule has 1 saturated carbocycles. The Morgan fingerprint density at radius 1 is 0.746 bits per heavy atom. The summed E-state index contributed by atoms with van der Waals surface area (Å²) < 4.78 is 34.0. The van der Waals surface area contributed by atoms with E-state index in [0.717, 1.165) is 51.4 Å². The number of ketones is 1. The van der Waals surface area contributed by atoms with Gasteiger partial charge in [-0.2, -0.15) is 0 Å². The van der Waals surface area contributed by atoms with E-state index in [0.29, 0.717) is 43.1 Å². The van der Waals surface area contributed by atoms with Crippen molar-refractivity contribution in [2.45, 2.75) is 218 Å². The number of phosphoric ester groups is 1. The third-order valence-corrected chi connectivity index (χ3v) is 12.8. The summed E-state index contributed by atoms with van der Waals surface area (Å²) in [5, 5.41) is 20.8. The predicted octanol–water partition coefficient (Wildman–Crippen LogP) is 10.7. The highest BCUT2D eigenvalue weighted by atomic mass is 31.2. The van der Waals surface area contributed by atoms with Crippen LogP contribution in [0.3, 0.4) is 0 Å². The molecule has 0 spiro atoms. The zero-order valence-corrected chi connectivity index (χ0v) is 41.4. The van der Waals surface area contributed by atoms with Crippen molar-refractivity contribution in [3.8, 4) is 0 Å². The van der Waals surface area contributed by atoms with Crippen LogP contribution in [0, 0.1) is 11.8 Å². The van der Waals surface area contributed by atoms with Gasteiger partial charge in [-0.15, -0.1) is 0 Å². The van der Waals surface area contributed by atoms with Gasteiger partial charge in [0.15, 0.2) is 6.10 Å². The van der Waals surface area contributed by atoms with Crippen LogP contribution in [-0.2, 0) is 37.5 Å². The zero-order chi connectivity index (χ0) is 46.6. The molecule has 0 aliphatic heterocycles. The summed E-state index contributed by atoms with van der Waals surface area (Å²) in [6, 6.07) is 0. The first kappa shape index (κ1) is 59.1. The maximum absolute atomic E-state index is 12.8. The van der Waals surface area contributed by atoms with E-state index in [1.165, 1.54) is 83.5 Å². The van der Waals surface area contributed by atoms with Crippen LogP contribution in [0.1, 0.15) is 200 Å². The van der Waals surface area contributed by atoms with E-state index in [4.69, 9.17) is 18.5 Å². The molecule has 0 bridgehead atoms. The molecule has 0 amide bonds. The molecule has 6 atom stereocenters. The summed E-state index contributed by atoms with van der Waals surface area (Å²) in [7, 11) is 1.02. The molecule has 1 fully saturated rings. The highest BCUT2D eigenvalue weighted by Crippen LogP contribution is 2.38. The van der Waals surface area contributed by atoms with E-state index in [-0.39, 0.29) is 44.2 Å². The highest BCUT2D eigenvalue weighted by molar-refractivity contribution is 7.45. The average molecular weight is 914 g/mol. The van der Waals surface area contributed by atoms with E-state index in [2.05, 4.69) is 26.0 Å². The number of ether oxygens (including phenoxy) is 2. The molecular weight excluding hydrogens is 822 g/mol. The number of hydrogen-bond donors (Lipinski definition) is 2. The number of unbranched alkanes of at least 4 members (excludes halogenated alkanes) is 20. The lowest BCUT2D eigenvalue weighted by Gasteiger charge is -2.28. The molecule has 0 aromatic heterocycles. The normalized spacial score (nSPS) is 18.9. The minimum Gasteiger partial charge on any atom is -0.756 e. The largest absolute Gasteiger partial charge is 0.756 e. The van der Waals surface area contributed by atoms with Crippen molar-refractivity contribution in [2.24, 2.45) is 11.8 Å². The molecule has 0 aromatic carbocycles. The monoisotopic (exact) mass is 914 g/mol. The van der Waals surface area contributed by atoms with Gasteiger partial charge in [0.25, 0.3) is 7.82 Å². The van der Waals surface area contributed by atoms with Gasteiger partial charge in [-0.3, -0.25) is 18.9 Å². The molecule has 0 radical (unpaired) electrons. The van der Waals surface area contributed by atoms with Crippen LogP contribution < -0.4 is 4.89 Å². The van der Waals surface area contributed by atoms with Gasteiger partial charge in [0.2, 0.25) is 0 Å². The van der Waals surface area contributed by atoms with E-state index in [1.807, 2.05) is 21.1 Å². The van der Waals surface area contributed by atoms with Crippen molar-refractivity contribution in [1.29, 1.82) is 0 Å². The molecule has 2 N–H and O–H groups in total. The molecule has 0 heterocycles. The Bertz CT molecular complexity index is 1290. The van der Waals surface area contributed by atoms with Gasteiger partial charge in [-0.05, 0) is 57.3 Å². The number of aliphatic hydroxyl groups is 2. The second-order valence-corrected chi connectivity index (χ2v) is 20.4. The Kier molecular flexibility index (Phi) is 34.9. The average Bonchev–Trinajstić information content (AvgIpc) is 3.50. The molecular formula is C50H92NO11P. The smallest absolute Gasteiger partial charge is 0.306 e. The number of carbonyl (C=O) groups is 3. The Labute approximate surface area is 383 Å². The van der Waals surface area contributed by atoms with Crippen LogP contribution in [0.2, 0.25) is 0 Å². The minimum atomic E-state index is -4.69. The number of allylic oxidation sites excluding steroid dienone is 3. The number of nitrogens with zero attached hydrogens (tertiary/aromatic N) is 1. The van der Waals surface area contributed by atoms with E-state index < -0.39 is 50.6 Å². The van der Waals surface area contributed by atoms with Crippen molar-refractivity contribution in [3.05, 3.63) is 24.3 Å². The number of phosphoric acid groups is 1. The summed E-state index contributed by atoms with van der Waals surface area (Å²) in [5.74, 6) is -1.58. The molecule has 13 heteroatoms. The molecule has 1 rings (SSSR count). The van der Waals surface area contributed by atoms with Crippen LogP contribution in [0.4, 0.5) is 0 Å². The van der Waals surface area contributed by atoms with Gasteiger partial charge in [0.1, 0.15) is 25.5 Å². The van der Waals surface area contributed by atoms with Gasteiger partial charge in [0, 0.05) is 25.2 Å². The lowest BCUT2D eigenvalue weighted by Crippen LogP contribution is -2.37. The number of aliphatic hydroxyl groups excluding tert-OH is 2. The maximum Gasteiger partial charge on any atom is 0.306 e. The minimum absolute atomic E-state index is 0.000155. The predicted molar refractivity (Wildman–Crippen MR) is 251 cm³/mol. The van der Waals surface area contributed by atoms with Gasteiger partial charge in [0.05, 0.1) is 40.0 Å². The summed E-state index contributed by atoms with van der Waals surface area (Å²) in [4.78, 5) is 50.5. The van der Waals surface area contributed by atoms with Crippen LogP contribution in [-0.4, -0.2) is 98.2 Å². The third kappa shape index (κ3) is 34.1. The molecule has 12 nitrogen and oxygen atoms in total. The Balaban J connectivity index is 2.40.